The van der Waals surface area contributed by atoms with Crippen LogP contribution >= 0.6 is 11.3 Å². The van der Waals surface area contributed by atoms with Crippen LogP contribution in [0.1, 0.15) is 38.3 Å². The summed E-state index contributed by atoms with van der Waals surface area (Å²) in [6.07, 6.45) is 1.74. The van der Waals surface area contributed by atoms with Crippen molar-refractivity contribution < 1.29 is 14.0 Å². The van der Waals surface area contributed by atoms with Gasteiger partial charge in [-0.15, -0.1) is 11.3 Å². The molecule has 7 heteroatoms. The molecule has 0 aliphatic carbocycles. The number of amides is 2. The van der Waals surface area contributed by atoms with Gasteiger partial charge in [0.1, 0.15) is 5.76 Å². The third kappa shape index (κ3) is 4.42. The molecule has 6 nitrogen and oxygen atoms in total. The number of nitrogens with one attached hydrogen (secondary N) is 2. The second kappa shape index (κ2) is 7.22. The van der Waals surface area contributed by atoms with Crippen LogP contribution in [0.3, 0.4) is 0 Å². The standard InChI is InChI=1S/C15H19N3O3S/c1-9(2)14(20)18-15-17-11(8-22-15)7-13(19)16-10(3)12-5-4-6-21-12/h4-6,8-10H,7H2,1-3H3,(H,16,19)(H,17,18,20)/t10-/m0/s1. The van der Waals surface area contributed by atoms with Gasteiger partial charge in [0.15, 0.2) is 5.13 Å². The Labute approximate surface area is 132 Å². The predicted molar refractivity (Wildman–Crippen MR) is 84.6 cm³/mol. The maximum Gasteiger partial charge on any atom is 0.228 e. The van der Waals surface area contributed by atoms with Crippen molar-refractivity contribution in [1.82, 2.24) is 10.3 Å². The van der Waals surface area contributed by atoms with Crippen LogP contribution in [-0.2, 0) is 16.0 Å². The molecule has 0 fully saturated rings. The van der Waals surface area contributed by atoms with Crippen molar-refractivity contribution in [1.29, 1.82) is 0 Å². The number of aromatic nitrogens is 1. The minimum atomic E-state index is -0.193. The zero-order chi connectivity index (χ0) is 16.1. The Morgan fingerprint density at radius 1 is 1.36 bits per heavy atom. The third-order valence-electron chi connectivity index (χ3n) is 3.00. The smallest absolute Gasteiger partial charge is 0.228 e. The number of nitrogens with zero attached hydrogens (tertiary/aromatic N) is 1. The highest BCUT2D eigenvalue weighted by Gasteiger charge is 2.15. The lowest BCUT2D eigenvalue weighted by atomic mass is 10.2. The Bertz CT molecular complexity index is 634. The number of furan rings is 1. The molecule has 2 N–H and O–H groups in total. The lowest BCUT2D eigenvalue weighted by molar-refractivity contribution is -0.121. The number of anilines is 1. The van der Waals surface area contributed by atoms with Gasteiger partial charge in [-0.25, -0.2) is 4.98 Å². The molecule has 0 saturated carbocycles. The van der Waals surface area contributed by atoms with Crippen LogP contribution in [0, 0.1) is 5.92 Å². The second-order valence-electron chi connectivity index (χ2n) is 5.27. The fraction of sp³-hybridized carbons (Fsp3) is 0.400. The molecule has 0 radical (unpaired) electrons. The van der Waals surface area contributed by atoms with Crippen LogP contribution in [0.25, 0.3) is 0 Å². The minimum absolute atomic E-state index is 0.0863. The molecular formula is C15H19N3O3S. The van der Waals surface area contributed by atoms with Crippen LogP contribution < -0.4 is 10.6 Å². The third-order valence-corrected chi connectivity index (χ3v) is 3.80. The Hall–Kier alpha value is -2.15. The Morgan fingerprint density at radius 3 is 2.77 bits per heavy atom. The van der Waals surface area contributed by atoms with Gasteiger partial charge in [0.05, 0.1) is 24.4 Å². The quantitative estimate of drug-likeness (QED) is 0.857. The maximum atomic E-state index is 12.0. The number of hydrogen-bond donors (Lipinski definition) is 2. The normalized spacial score (nSPS) is 12.2. The summed E-state index contributed by atoms with van der Waals surface area (Å²) >= 11 is 1.31. The van der Waals surface area contributed by atoms with Gasteiger partial charge in [0.2, 0.25) is 11.8 Å². The zero-order valence-corrected chi connectivity index (χ0v) is 13.6. The van der Waals surface area contributed by atoms with E-state index in [9.17, 15) is 9.59 Å². The van der Waals surface area contributed by atoms with Crippen molar-refractivity contribution in [2.75, 3.05) is 5.32 Å². The Balaban J connectivity index is 1.87. The van der Waals surface area contributed by atoms with Crippen LogP contribution in [0.2, 0.25) is 0 Å². The summed E-state index contributed by atoms with van der Waals surface area (Å²) in [5.74, 6) is 0.369. The van der Waals surface area contributed by atoms with E-state index in [2.05, 4.69) is 15.6 Å². The van der Waals surface area contributed by atoms with E-state index in [1.165, 1.54) is 11.3 Å². The number of thiazole rings is 1. The first-order valence-electron chi connectivity index (χ1n) is 7.03. The molecule has 0 bridgehead atoms. The summed E-state index contributed by atoms with van der Waals surface area (Å²) < 4.78 is 5.24. The highest BCUT2D eigenvalue weighted by Crippen LogP contribution is 2.17. The van der Waals surface area contributed by atoms with E-state index >= 15 is 0 Å². The second-order valence-corrected chi connectivity index (χ2v) is 6.13. The van der Waals surface area contributed by atoms with Crippen molar-refractivity contribution in [3.8, 4) is 0 Å². The van der Waals surface area contributed by atoms with Crippen molar-refractivity contribution in [3.63, 3.8) is 0 Å². The molecule has 1 atom stereocenters. The van der Waals surface area contributed by atoms with Crippen LogP contribution in [-0.4, -0.2) is 16.8 Å². The molecule has 0 unspecified atom stereocenters. The molecule has 0 aromatic carbocycles. The summed E-state index contributed by atoms with van der Waals surface area (Å²) in [7, 11) is 0. The van der Waals surface area contributed by atoms with Gasteiger partial charge in [0.25, 0.3) is 0 Å². The number of rotatable bonds is 6. The largest absolute Gasteiger partial charge is 0.467 e. The SMILES string of the molecule is CC(C)C(=O)Nc1nc(CC(=O)N[C@@H](C)c2ccco2)cs1. The van der Waals surface area contributed by atoms with Crippen molar-refractivity contribution >= 4 is 28.3 Å². The first-order valence-corrected chi connectivity index (χ1v) is 7.91. The fourth-order valence-corrected chi connectivity index (χ4v) is 2.47. The first-order chi connectivity index (χ1) is 10.5. The maximum absolute atomic E-state index is 12.0. The van der Waals surface area contributed by atoms with E-state index in [1.54, 1.807) is 17.7 Å². The number of carbonyl (C=O) groups excluding carboxylic acids is 2. The molecule has 2 aromatic heterocycles. The minimum Gasteiger partial charge on any atom is -0.467 e. The van der Waals surface area contributed by atoms with Gasteiger partial charge in [-0.3, -0.25) is 9.59 Å². The van der Waals surface area contributed by atoms with Crippen molar-refractivity contribution in [2.24, 2.45) is 5.92 Å². The molecule has 0 saturated heterocycles. The summed E-state index contributed by atoms with van der Waals surface area (Å²) in [4.78, 5) is 27.8. The summed E-state index contributed by atoms with van der Waals surface area (Å²) in [5, 5.41) is 7.85. The van der Waals surface area contributed by atoms with Crippen LogP contribution in [0.5, 0.6) is 0 Å². The lowest BCUT2D eigenvalue weighted by Gasteiger charge is -2.10. The average Bonchev–Trinajstić information content (AvgIpc) is 3.10. The molecule has 2 heterocycles. The highest BCUT2D eigenvalue weighted by molar-refractivity contribution is 7.13. The molecule has 2 rings (SSSR count). The van der Waals surface area contributed by atoms with Gasteiger partial charge in [-0.1, -0.05) is 13.8 Å². The average molecular weight is 321 g/mol. The lowest BCUT2D eigenvalue weighted by Crippen LogP contribution is -2.28. The molecule has 0 spiro atoms. The topological polar surface area (TPSA) is 84.2 Å². The van der Waals surface area contributed by atoms with Crippen LogP contribution in [0.4, 0.5) is 5.13 Å². The number of hydrogen-bond acceptors (Lipinski definition) is 5. The van der Waals surface area contributed by atoms with Gasteiger partial charge in [0, 0.05) is 11.3 Å². The van der Waals surface area contributed by atoms with E-state index < -0.39 is 0 Å². The summed E-state index contributed by atoms with van der Waals surface area (Å²) in [6.45, 7) is 5.48. The summed E-state index contributed by atoms with van der Waals surface area (Å²) in [5.41, 5.74) is 0.633. The predicted octanol–water partition coefficient (Wildman–Crippen LogP) is 2.75. The summed E-state index contributed by atoms with van der Waals surface area (Å²) in [6, 6.07) is 3.40. The molecule has 0 aliphatic heterocycles. The van der Waals surface area contributed by atoms with E-state index in [0.29, 0.717) is 16.6 Å². The molecule has 22 heavy (non-hydrogen) atoms. The van der Waals surface area contributed by atoms with E-state index in [-0.39, 0.29) is 30.2 Å². The first kappa shape index (κ1) is 16.2. The molecule has 2 amide bonds. The molecule has 118 valence electrons. The molecule has 0 aliphatic rings. The Kier molecular flexibility index (Phi) is 5.32. The van der Waals surface area contributed by atoms with E-state index in [4.69, 9.17) is 4.42 Å². The van der Waals surface area contributed by atoms with E-state index in [1.807, 2.05) is 26.8 Å². The van der Waals surface area contributed by atoms with Crippen molar-refractivity contribution in [3.05, 3.63) is 35.2 Å². The van der Waals surface area contributed by atoms with Gasteiger partial charge >= 0.3 is 0 Å². The number of carbonyl (C=O) groups is 2. The Morgan fingerprint density at radius 2 is 2.14 bits per heavy atom. The van der Waals surface area contributed by atoms with Gasteiger partial charge in [-0.2, -0.15) is 0 Å². The van der Waals surface area contributed by atoms with E-state index in [0.717, 1.165) is 0 Å². The monoisotopic (exact) mass is 321 g/mol. The van der Waals surface area contributed by atoms with Crippen LogP contribution in [0.15, 0.2) is 28.2 Å². The highest BCUT2D eigenvalue weighted by atomic mass is 32.1. The van der Waals surface area contributed by atoms with Gasteiger partial charge in [-0.05, 0) is 19.1 Å². The molecular weight excluding hydrogens is 302 g/mol. The van der Waals surface area contributed by atoms with Gasteiger partial charge < -0.3 is 15.1 Å². The molecule has 2 aromatic rings. The zero-order valence-electron chi connectivity index (χ0n) is 12.8. The van der Waals surface area contributed by atoms with Crippen molar-refractivity contribution in [2.45, 2.75) is 33.2 Å². The fourth-order valence-electron chi connectivity index (χ4n) is 1.76.